The zero-order valence-corrected chi connectivity index (χ0v) is 53.8. The Labute approximate surface area is 541 Å². The number of likely N-dealkylation sites (tertiary alicyclic amines) is 2. The van der Waals surface area contributed by atoms with Crippen LogP contribution in [0.25, 0.3) is 10.9 Å². The van der Waals surface area contributed by atoms with Crippen molar-refractivity contribution >= 4 is 92.7 Å². The quantitative estimate of drug-likeness (QED) is 0.0227. The van der Waals surface area contributed by atoms with Gasteiger partial charge in [0.2, 0.25) is 29.5 Å². The maximum absolute atomic E-state index is 14.2. The molecule has 0 spiro atoms. The molecule has 496 valence electrons. The zero-order chi connectivity index (χ0) is 66.0. The van der Waals surface area contributed by atoms with E-state index in [0.717, 1.165) is 26.9 Å². The lowest BCUT2D eigenvalue weighted by Crippen LogP contribution is -2.55. The van der Waals surface area contributed by atoms with Crippen LogP contribution < -0.4 is 26.0 Å². The predicted molar refractivity (Wildman–Crippen MR) is 339 cm³/mol. The lowest BCUT2D eigenvalue weighted by atomic mass is 9.92. The number of hydrogen-bond donors (Lipinski definition) is 7. The van der Waals surface area contributed by atoms with Crippen LogP contribution in [0, 0.1) is 20.8 Å². The van der Waals surface area contributed by atoms with Crippen LogP contribution in [0.4, 0.5) is 8.78 Å². The highest BCUT2D eigenvalue weighted by Gasteiger charge is 2.47. The minimum Gasteiger partial charge on any atom is -0.494 e. The van der Waals surface area contributed by atoms with E-state index in [9.17, 15) is 72.5 Å². The van der Waals surface area contributed by atoms with Gasteiger partial charge in [-0.1, -0.05) is 12.1 Å². The summed E-state index contributed by atoms with van der Waals surface area (Å²) in [4.78, 5) is 134. The molecule has 3 aromatic rings. The lowest BCUT2D eigenvalue weighted by Gasteiger charge is -2.34. The van der Waals surface area contributed by atoms with E-state index in [1.165, 1.54) is 12.3 Å². The summed E-state index contributed by atoms with van der Waals surface area (Å²) >= 11 is 2.24. The molecule has 91 heavy (non-hydrogen) atoms. The number of alkyl halides is 2. The van der Waals surface area contributed by atoms with Gasteiger partial charge in [0, 0.05) is 100.0 Å². The van der Waals surface area contributed by atoms with Crippen molar-refractivity contribution in [1.29, 1.82) is 5.26 Å². The average Bonchev–Trinajstić information content (AvgIpc) is 1.85. The van der Waals surface area contributed by atoms with Crippen molar-refractivity contribution in [3.05, 3.63) is 69.4 Å². The number of aromatic nitrogens is 1. The predicted octanol–water partition coefficient (Wildman–Crippen LogP) is 2.92. The van der Waals surface area contributed by atoms with Crippen LogP contribution in [0.5, 0.6) is 5.75 Å². The maximum Gasteiger partial charge on any atom is 0.317 e. The molecular weight excluding hydrogens is 1300 g/mol. The van der Waals surface area contributed by atoms with Crippen molar-refractivity contribution < 1.29 is 72.0 Å². The summed E-state index contributed by atoms with van der Waals surface area (Å²) in [6.07, 6.45) is 6.35. The number of fused-ring (bicyclic) bond motifs is 1. The first kappa shape index (κ1) is 72.5. The van der Waals surface area contributed by atoms with Crippen LogP contribution in [0.3, 0.4) is 0 Å². The van der Waals surface area contributed by atoms with Crippen LogP contribution in [0.1, 0.15) is 94.0 Å². The summed E-state index contributed by atoms with van der Waals surface area (Å²) in [5.74, 6) is -8.27. The Kier molecular flexibility index (Phi) is 29.1. The number of nitrogens with one attached hydrogen (secondary N) is 4. The highest BCUT2D eigenvalue weighted by Crippen LogP contribution is 2.32. The van der Waals surface area contributed by atoms with Gasteiger partial charge in [-0.25, -0.2) is 8.78 Å². The van der Waals surface area contributed by atoms with E-state index in [1.807, 2.05) is 24.3 Å². The minimum absolute atomic E-state index is 0.154. The summed E-state index contributed by atoms with van der Waals surface area (Å²) in [6.45, 7) is 3.61. The van der Waals surface area contributed by atoms with E-state index in [4.69, 9.17) is 4.74 Å². The molecule has 3 fully saturated rings. The number of hydrogen-bond acceptors (Lipinski definition) is 17. The minimum atomic E-state index is -3.19. The van der Waals surface area contributed by atoms with Gasteiger partial charge in [0.15, 0.2) is 0 Å². The monoisotopic (exact) mass is 1380 g/mol. The number of halogens is 3. The number of nitriles is 1. The van der Waals surface area contributed by atoms with Crippen molar-refractivity contribution in [1.82, 2.24) is 55.7 Å². The Bertz CT molecular complexity index is 3040. The fourth-order valence-electron chi connectivity index (χ4n) is 11.2. The van der Waals surface area contributed by atoms with Crippen LogP contribution >= 0.6 is 22.6 Å². The molecule has 3 aliphatic rings. The average molecular weight is 1380 g/mol. The third-order valence-electron chi connectivity index (χ3n) is 16.2. The van der Waals surface area contributed by atoms with Crippen molar-refractivity contribution in [2.75, 3.05) is 118 Å². The number of carboxylic acids is 3. The molecule has 26 nitrogen and oxygen atoms in total. The molecule has 6 rings (SSSR count). The van der Waals surface area contributed by atoms with E-state index >= 15 is 0 Å². The summed E-state index contributed by atoms with van der Waals surface area (Å²) < 4.78 is 35.1. The highest BCUT2D eigenvalue weighted by molar-refractivity contribution is 14.1. The second-order valence-electron chi connectivity index (χ2n) is 23.3. The normalized spacial score (nSPS) is 18.2. The number of carboxylic acid groups (broad SMARTS) is 3. The van der Waals surface area contributed by atoms with E-state index in [2.05, 4.69) is 53.8 Å². The zero-order valence-electron chi connectivity index (χ0n) is 51.6. The summed E-state index contributed by atoms with van der Waals surface area (Å²) in [7, 11) is 0. The van der Waals surface area contributed by atoms with Crippen LogP contribution in [0.15, 0.2) is 59.7 Å². The number of benzene rings is 2. The number of aliphatic carboxylic acids is 3. The second kappa shape index (κ2) is 36.5. The van der Waals surface area contributed by atoms with Gasteiger partial charge in [0.05, 0.1) is 68.9 Å². The number of aliphatic imine (C=N–C) groups is 1. The van der Waals surface area contributed by atoms with Gasteiger partial charge in [-0.05, 0) is 142 Å². The summed E-state index contributed by atoms with van der Waals surface area (Å²) in [5.41, 5.74) is 1.82. The number of amides is 6. The maximum atomic E-state index is 14.2. The summed E-state index contributed by atoms with van der Waals surface area (Å²) in [5, 5.41) is 49.7. The molecule has 0 aliphatic carbocycles. The van der Waals surface area contributed by atoms with Crippen molar-refractivity contribution in [3.63, 3.8) is 0 Å². The molecule has 6 amide bonds. The van der Waals surface area contributed by atoms with E-state index in [-0.39, 0.29) is 108 Å². The molecular formula is C62H84F2IN13O13. The molecule has 3 aliphatic heterocycles. The summed E-state index contributed by atoms with van der Waals surface area (Å²) in [6, 6.07) is 13.0. The fraction of sp³-hybridized carbons (Fsp3) is 0.581. The molecule has 3 saturated heterocycles. The van der Waals surface area contributed by atoms with Gasteiger partial charge in [0.25, 0.3) is 11.8 Å². The highest BCUT2D eigenvalue weighted by atomic mass is 127. The molecule has 0 unspecified atom stereocenters. The van der Waals surface area contributed by atoms with Gasteiger partial charge in [-0.15, -0.1) is 0 Å². The Morgan fingerprint density at radius 1 is 0.780 bits per heavy atom. The van der Waals surface area contributed by atoms with Crippen molar-refractivity contribution in [2.24, 2.45) is 10.9 Å². The molecule has 0 saturated carbocycles. The number of nitrogens with zero attached hydrogens (tertiary/aromatic N) is 9. The number of aryl methyl sites for hydroxylation is 1. The van der Waals surface area contributed by atoms with Gasteiger partial charge < -0.3 is 51.1 Å². The number of carbonyl (C=O) groups is 9. The smallest absolute Gasteiger partial charge is 0.317 e. The number of unbranched alkanes of at least 4 members (excludes halogenated alkanes) is 1. The number of carbonyl (C=O) groups excluding carboxylic acids is 6. The SMILES string of the molecule is C/C(=N\CCCC[C@H](NC(=O)CN1CCN(CC(=O)O)CCN(CC(=O)O)CCN(CC(=O)O)CC1)C(=O)N[C@@H](C)C(=O)N1CCC(CCCOc2ccc3nccc(C(=O)NCC(=O)N4CC(F)(F)C[C@@H]4C#N)c3c2)CC1)NC(=O)CCCc1ccc(I)cc1. The van der Waals surface area contributed by atoms with Crippen LogP contribution in [-0.4, -0.2) is 251 Å². The molecule has 4 heterocycles. The van der Waals surface area contributed by atoms with Crippen molar-refractivity contribution in [2.45, 2.75) is 109 Å². The first-order valence-electron chi connectivity index (χ1n) is 30.8. The van der Waals surface area contributed by atoms with E-state index < -0.39 is 85.1 Å². The number of ether oxygens (including phenoxy) is 1. The number of rotatable bonds is 29. The van der Waals surface area contributed by atoms with Gasteiger partial charge in [-0.3, -0.25) is 72.7 Å². The molecule has 3 atom stereocenters. The van der Waals surface area contributed by atoms with E-state index in [1.54, 1.807) is 62.6 Å². The number of amidine groups is 1. The van der Waals surface area contributed by atoms with Crippen molar-refractivity contribution in [3.8, 4) is 11.8 Å². The molecule has 29 heteroatoms. The van der Waals surface area contributed by atoms with Gasteiger partial charge in [0.1, 0.15) is 23.9 Å². The van der Waals surface area contributed by atoms with Crippen LogP contribution in [0.2, 0.25) is 0 Å². The molecule has 7 N–H and O–H groups in total. The topological polar surface area (TPSA) is 340 Å². The molecule has 1 aromatic heterocycles. The largest absolute Gasteiger partial charge is 0.494 e. The Morgan fingerprint density at radius 3 is 1.98 bits per heavy atom. The number of piperidine rings is 1. The number of pyridine rings is 1. The third kappa shape index (κ3) is 25.2. The fourth-order valence-corrected chi connectivity index (χ4v) is 11.6. The van der Waals surface area contributed by atoms with Gasteiger partial charge in [-0.2, -0.15) is 5.26 Å². The standard InChI is InChI=1S/C62H84F2IN13O13/c1-42(61(90)77-22-18-45(19-23-77)8-6-32-91-48-15-16-51-50(33-48)49(17-21-68-51)59(88)69-36-55(81)78-41-62(63,64)34-47(78)35-66)70-60(89)52(9-3-4-20-67-43(2)71-53(79)10-5-7-44-11-13-46(65)14-12-44)72-54(80)37-73-24-26-74(38-56(82)83)28-30-76(40-58(86)87)31-29-75(27-25-73)39-57(84)85/h11-17,21,33,42,45,47,52H,3-10,18-20,22-32,34,36-41H2,1-2H3,(H,69,88)(H,70,89)(H,72,80)(H,82,83)(H,84,85)(H,86,87)(H,67,71,79)/t42-,47+,52-/m0/s1. The van der Waals surface area contributed by atoms with E-state index in [0.29, 0.717) is 93.7 Å². The first-order valence-corrected chi connectivity index (χ1v) is 31.9. The molecule has 0 radical (unpaired) electrons. The lowest BCUT2D eigenvalue weighted by molar-refractivity contribution is -0.140. The Morgan fingerprint density at radius 2 is 1.38 bits per heavy atom. The third-order valence-corrected chi connectivity index (χ3v) is 16.9. The van der Waals surface area contributed by atoms with Gasteiger partial charge >= 0.3 is 17.9 Å². The Balaban J connectivity index is 1.01. The Hall–Kier alpha value is -7.53. The second-order valence-corrected chi connectivity index (χ2v) is 24.6. The molecule has 2 aromatic carbocycles. The van der Waals surface area contributed by atoms with Crippen LogP contribution in [-0.2, 0) is 44.8 Å². The first-order chi connectivity index (χ1) is 43.4. The molecule has 0 bridgehead atoms.